The smallest absolute Gasteiger partial charge is 0.244 e. The van der Waals surface area contributed by atoms with E-state index in [0.717, 1.165) is 30.2 Å². The highest BCUT2D eigenvalue weighted by atomic mass is 16.2. The lowest BCUT2D eigenvalue weighted by Crippen LogP contribution is -2.36. The van der Waals surface area contributed by atoms with Gasteiger partial charge < -0.3 is 15.5 Å². The third-order valence-electron chi connectivity index (χ3n) is 4.50. The molecule has 25 heavy (non-hydrogen) atoms. The highest BCUT2D eigenvalue weighted by Crippen LogP contribution is 2.26. The largest absolute Gasteiger partial charge is 0.368 e. The van der Waals surface area contributed by atoms with E-state index >= 15 is 0 Å². The van der Waals surface area contributed by atoms with Crippen LogP contribution in [0.4, 0.5) is 11.8 Å². The molecule has 0 spiro atoms. The van der Waals surface area contributed by atoms with Crippen LogP contribution in [0.2, 0.25) is 0 Å². The predicted molar refractivity (Wildman–Crippen MR) is 89.6 cm³/mol. The molecule has 10 nitrogen and oxygen atoms in total. The molecule has 2 N–H and O–H groups in total. The summed E-state index contributed by atoms with van der Waals surface area (Å²) in [6, 6.07) is 0. The Morgan fingerprint density at radius 1 is 1.16 bits per heavy atom. The number of nitrogens with zero attached hydrogens (tertiary/aromatic N) is 8. The zero-order valence-electron chi connectivity index (χ0n) is 13.7. The van der Waals surface area contributed by atoms with Gasteiger partial charge in [0.15, 0.2) is 0 Å². The van der Waals surface area contributed by atoms with Crippen LogP contribution < -0.4 is 10.6 Å². The van der Waals surface area contributed by atoms with Gasteiger partial charge in [0, 0.05) is 38.2 Å². The summed E-state index contributed by atoms with van der Waals surface area (Å²) in [5, 5.41) is 10.9. The van der Waals surface area contributed by atoms with Crippen molar-refractivity contribution in [1.82, 2.24) is 35.1 Å². The number of carbonyl (C=O) groups is 1. The first-order chi connectivity index (χ1) is 12.2. The van der Waals surface area contributed by atoms with Gasteiger partial charge >= 0.3 is 0 Å². The van der Waals surface area contributed by atoms with Crippen molar-refractivity contribution in [2.75, 3.05) is 36.8 Å². The third kappa shape index (κ3) is 3.14. The quantitative estimate of drug-likeness (QED) is 0.710. The third-order valence-corrected chi connectivity index (χ3v) is 4.50. The molecule has 0 radical (unpaired) electrons. The van der Waals surface area contributed by atoms with E-state index < -0.39 is 0 Å². The summed E-state index contributed by atoms with van der Waals surface area (Å²) in [7, 11) is 0. The Morgan fingerprint density at radius 3 is 2.72 bits per heavy atom. The maximum Gasteiger partial charge on any atom is 0.244 e. The van der Waals surface area contributed by atoms with Crippen molar-refractivity contribution in [3.8, 4) is 0 Å². The molecule has 2 aliphatic rings. The molecule has 0 bridgehead atoms. The van der Waals surface area contributed by atoms with Gasteiger partial charge in [-0.3, -0.25) is 4.79 Å². The summed E-state index contributed by atoms with van der Waals surface area (Å²) in [4.78, 5) is 25.4. The van der Waals surface area contributed by atoms with Gasteiger partial charge in [0.05, 0.1) is 5.69 Å². The zero-order valence-corrected chi connectivity index (χ0v) is 13.7. The topological polar surface area (TPSA) is 119 Å². The van der Waals surface area contributed by atoms with E-state index in [1.807, 2.05) is 4.90 Å². The van der Waals surface area contributed by atoms with Crippen LogP contribution in [0.15, 0.2) is 18.5 Å². The van der Waals surface area contributed by atoms with E-state index in [1.165, 1.54) is 11.0 Å². The Hall–Kier alpha value is -3.04. The van der Waals surface area contributed by atoms with Gasteiger partial charge in [-0.05, 0) is 16.8 Å². The van der Waals surface area contributed by atoms with E-state index in [0.29, 0.717) is 25.9 Å². The fourth-order valence-electron chi connectivity index (χ4n) is 3.25. The molecular formula is C15H19N9O. The molecule has 2 aromatic rings. The molecule has 0 saturated heterocycles. The first-order valence-corrected chi connectivity index (χ1v) is 8.24. The standard InChI is InChI=1S/C15H19N9O/c16-15-18-12-4-8-22(13(25)9-24-10-17-20-21-24)7-3-11(12)14(19-15)23-5-1-2-6-23/h1-2,10H,3-9H2,(H2,16,18,19). The number of carbonyl (C=O) groups excluding carboxylic acids is 1. The first-order valence-electron chi connectivity index (χ1n) is 8.24. The van der Waals surface area contributed by atoms with Gasteiger partial charge in [-0.2, -0.15) is 4.98 Å². The number of tetrazole rings is 1. The van der Waals surface area contributed by atoms with E-state index in [4.69, 9.17) is 5.73 Å². The molecule has 0 aromatic carbocycles. The van der Waals surface area contributed by atoms with Crippen LogP contribution in [0.25, 0.3) is 0 Å². The number of hydrogen-bond acceptors (Lipinski definition) is 8. The van der Waals surface area contributed by atoms with Crippen LogP contribution in [0.5, 0.6) is 0 Å². The monoisotopic (exact) mass is 341 g/mol. The van der Waals surface area contributed by atoms with Gasteiger partial charge in [-0.25, -0.2) is 9.67 Å². The van der Waals surface area contributed by atoms with Crippen molar-refractivity contribution < 1.29 is 4.79 Å². The summed E-state index contributed by atoms with van der Waals surface area (Å²) in [6.07, 6.45) is 7.04. The van der Waals surface area contributed by atoms with Crippen LogP contribution in [0, 0.1) is 0 Å². The van der Waals surface area contributed by atoms with Crippen LogP contribution in [-0.4, -0.2) is 67.2 Å². The summed E-state index contributed by atoms with van der Waals surface area (Å²) in [5.41, 5.74) is 7.94. The molecule has 4 heterocycles. The summed E-state index contributed by atoms with van der Waals surface area (Å²) in [5.74, 6) is 1.17. The number of nitrogen functional groups attached to an aromatic ring is 1. The lowest BCUT2D eigenvalue weighted by molar-refractivity contribution is -0.132. The number of fused-ring (bicyclic) bond motifs is 1. The number of anilines is 2. The minimum absolute atomic E-state index is 0.00886. The fraction of sp³-hybridized carbons (Fsp3) is 0.467. The number of amides is 1. The normalized spacial score (nSPS) is 16.8. The lowest BCUT2D eigenvalue weighted by atomic mass is 10.1. The highest BCUT2D eigenvalue weighted by Gasteiger charge is 2.25. The Labute approximate surface area is 144 Å². The summed E-state index contributed by atoms with van der Waals surface area (Å²) >= 11 is 0. The van der Waals surface area contributed by atoms with Crippen molar-refractivity contribution in [1.29, 1.82) is 0 Å². The first kappa shape index (κ1) is 15.5. The Bertz CT molecular complexity index is 794. The van der Waals surface area contributed by atoms with Crippen molar-refractivity contribution in [3.05, 3.63) is 29.7 Å². The van der Waals surface area contributed by atoms with Gasteiger partial charge in [0.2, 0.25) is 11.9 Å². The predicted octanol–water partition coefficient (Wildman–Crippen LogP) is -0.951. The molecule has 2 aromatic heterocycles. The van der Waals surface area contributed by atoms with Gasteiger partial charge in [0.1, 0.15) is 18.7 Å². The highest BCUT2D eigenvalue weighted by molar-refractivity contribution is 5.76. The second-order valence-corrected chi connectivity index (χ2v) is 6.10. The number of aromatic nitrogens is 6. The molecule has 0 saturated carbocycles. The summed E-state index contributed by atoms with van der Waals surface area (Å²) < 4.78 is 1.43. The minimum Gasteiger partial charge on any atom is -0.368 e. The molecule has 2 aliphatic heterocycles. The minimum atomic E-state index is -0.00886. The van der Waals surface area contributed by atoms with E-state index in [-0.39, 0.29) is 18.4 Å². The number of hydrogen-bond donors (Lipinski definition) is 1. The molecule has 0 fully saturated rings. The molecular weight excluding hydrogens is 322 g/mol. The zero-order chi connectivity index (χ0) is 17.2. The number of nitrogens with two attached hydrogens (primary N) is 1. The molecule has 1 amide bonds. The second-order valence-electron chi connectivity index (χ2n) is 6.10. The average Bonchev–Trinajstić information content (AvgIpc) is 3.25. The van der Waals surface area contributed by atoms with Crippen LogP contribution in [-0.2, 0) is 24.2 Å². The molecule has 10 heteroatoms. The molecule has 0 atom stereocenters. The molecule has 4 rings (SSSR count). The lowest BCUT2D eigenvalue weighted by Gasteiger charge is -2.22. The van der Waals surface area contributed by atoms with Crippen molar-refractivity contribution >= 4 is 17.7 Å². The SMILES string of the molecule is Nc1nc2c(c(N3CC=CC3)n1)CCN(C(=O)Cn1cnnn1)CC2. The fourth-order valence-corrected chi connectivity index (χ4v) is 3.25. The number of rotatable bonds is 3. The average molecular weight is 341 g/mol. The Balaban J connectivity index is 1.53. The van der Waals surface area contributed by atoms with Gasteiger partial charge in [-0.1, -0.05) is 12.2 Å². The molecule has 0 aliphatic carbocycles. The second kappa shape index (κ2) is 6.46. The maximum atomic E-state index is 12.5. The Kier molecular flexibility index (Phi) is 4.00. The maximum absolute atomic E-state index is 12.5. The van der Waals surface area contributed by atoms with Crippen molar-refractivity contribution in [2.45, 2.75) is 19.4 Å². The van der Waals surface area contributed by atoms with E-state index in [2.05, 4.69) is 42.5 Å². The van der Waals surface area contributed by atoms with Gasteiger partial charge in [0.25, 0.3) is 0 Å². The summed E-state index contributed by atoms with van der Waals surface area (Å²) in [6.45, 7) is 3.01. The van der Waals surface area contributed by atoms with Crippen LogP contribution in [0.3, 0.4) is 0 Å². The molecule has 0 unspecified atom stereocenters. The van der Waals surface area contributed by atoms with Gasteiger partial charge in [-0.15, -0.1) is 5.10 Å². The van der Waals surface area contributed by atoms with Crippen LogP contribution in [0.1, 0.15) is 11.3 Å². The molecule has 130 valence electrons. The van der Waals surface area contributed by atoms with E-state index in [1.54, 1.807) is 0 Å². The van der Waals surface area contributed by atoms with Crippen molar-refractivity contribution in [2.24, 2.45) is 0 Å². The Morgan fingerprint density at radius 2 is 1.96 bits per heavy atom. The van der Waals surface area contributed by atoms with Crippen molar-refractivity contribution in [3.63, 3.8) is 0 Å². The van der Waals surface area contributed by atoms with E-state index in [9.17, 15) is 4.79 Å². The van der Waals surface area contributed by atoms with Crippen LogP contribution >= 0.6 is 0 Å².